The molecule has 20 heavy (non-hydrogen) atoms. The molecule has 0 saturated heterocycles. The van der Waals surface area contributed by atoms with Gasteiger partial charge in [-0.2, -0.15) is 0 Å². The minimum atomic E-state index is 0.477. The van der Waals surface area contributed by atoms with Crippen LogP contribution in [0.25, 0.3) is 10.2 Å². The molecule has 3 nitrogen and oxygen atoms in total. The Morgan fingerprint density at radius 1 is 1.20 bits per heavy atom. The second-order valence-corrected chi connectivity index (χ2v) is 6.29. The second-order valence-electron chi connectivity index (χ2n) is 4.32. The Kier molecular flexibility index (Phi) is 4.00. The monoisotopic (exact) mass is 348 g/mol. The lowest BCUT2D eigenvalue weighted by Gasteiger charge is -2.07. The fourth-order valence-corrected chi connectivity index (χ4v) is 3.21. The summed E-state index contributed by atoms with van der Waals surface area (Å²) >= 11 is 5.12. The number of rotatable bonds is 4. The summed E-state index contributed by atoms with van der Waals surface area (Å²) in [7, 11) is 0. The van der Waals surface area contributed by atoms with Gasteiger partial charge in [0.05, 0.1) is 10.2 Å². The molecule has 0 atom stereocenters. The molecule has 1 heterocycles. The van der Waals surface area contributed by atoms with E-state index in [1.807, 2.05) is 36.4 Å². The van der Waals surface area contributed by atoms with Crippen molar-refractivity contribution in [2.45, 2.75) is 13.2 Å². The van der Waals surface area contributed by atoms with Crippen molar-refractivity contribution >= 4 is 37.5 Å². The summed E-state index contributed by atoms with van der Waals surface area (Å²) in [5.74, 6) is 0.813. The van der Waals surface area contributed by atoms with Crippen LogP contribution in [0.4, 0.5) is 0 Å². The average Bonchev–Trinajstić information content (AvgIpc) is 2.89. The first kappa shape index (κ1) is 13.5. The summed E-state index contributed by atoms with van der Waals surface area (Å²) in [6, 6.07) is 13.9. The molecule has 5 heteroatoms. The Morgan fingerprint density at radius 2 is 2.05 bits per heavy atom. The number of aromatic nitrogens is 1. The number of thiazole rings is 1. The Hall–Kier alpha value is -1.43. The first-order valence-electron chi connectivity index (χ1n) is 6.22. The Labute approximate surface area is 129 Å². The van der Waals surface area contributed by atoms with Gasteiger partial charge >= 0.3 is 0 Å². The largest absolute Gasteiger partial charge is 0.486 e. The number of ether oxygens (including phenoxy) is 1. The Bertz CT molecular complexity index is 709. The van der Waals surface area contributed by atoms with Crippen LogP contribution in [0.15, 0.2) is 46.9 Å². The topological polar surface area (TPSA) is 48.1 Å². The number of benzene rings is 2. The molecular weight excluding hydrogens is 336 g/mol. The van der Waals surface area contributed by atoms with E-state index in [0.717, 1.165) is 26.3 Å². The van der Waals surface area contributed by atoms with Crippen molar-refractivity contribution in [3.05, 3.63) is 57.5 Å². The highest BCUT2D eigenvalue weighted by Crippen LogP contribution is 2.25. The van der Waals surface area contributed by atoms with Crippen LogP contribution < -0.4 is 10.5 Å². The predicted molar refractivity (Wildman–Crippen MR) is 86.0 cm³/mol. The van der Waals surface area contributed by atoms with Gasteiger partial charge < -0.3 is 10.5 Å². The summed E-state index contributed by atoms with van der Waals surface area (Å²) in [4.78, 5) is 4.55. The smallest absolute Gasteiger partial charge is 0.140 e. The van der Waals surface area contributed by atoms with E-state index in [2.05, 4.69) is 27.0 Å². The normalized spacial score (nSPS) is 10.9. The molecule has 3 rings (SSSR count). The molecule has 0 fully saturated rings. The zero-order valence-electron chi connectivity index (χ0n) is 10.7. The molecule has 2 aromatic carbocycles. The van der Waals surface area contributed by atoms with Crippen LogP contribution in [-0.4, -0.2) is 4.98 Å². The molecule has 0 spiro atoms. The van der Waals surface area contributed by atoms with Gasteiger partial charge in [0, 0.05) is 11.0 Å². The van der Waals surface area contributed by atoms with Gasteiger partial charge in [-0.3, -0.25) is 0 Å². The van der Waals surface area contributed by atoms with Gasteiger partial charge in [0.25, 0.3) is 0 Å². The van der Waals surface area contributed by atoms with Crippen LogP contribution >= 0.6 is 27.3 Å². The molecule has 0 aliphatic rings. The lowest BCUT2D eigenvalue weighted by atomic mass is 10.2. The third-order valence-electron chi connectivity index (χ3n) is 2.94. The molecule has 1 aromatic heterocycles. The van der Waals surface area contributed by atoms with Gasteiger partial charge in [0.15, 0.2) is 0 Å². The standard InChI is InChI=1S/C15H13BrN2OS/c16-12-6-5-11(7-10(12)8-17)19-9-15-18-13-3-1-2-4-14(13)20-15/h1-7H,8-9,17H2. The second kappa shape index (κ2) is 5.91. The minimum absolute atomic E-state index is 0.477. The summed E-state index contributed by atoms with van der Waals surface area (Å²) in [5, 5.41) is 0.975. The van der Waals surface area contributed by atoms with Crippen molar-refractivity contribution in [2.24, 2.45) is 5.73 Å². The van der Waals surface area contributed by atoms with Gasteiger partial charge in [-0.05, 0) is 35.9 Å². The molecule has 3 aromatic rings. The lowest BCUT2D eigenvalue weighted by molar-refractivity contribution is 0.305. The van der Waals surface area contributed by atoms with Crippen molar-refractivity contribution < 1.29 is 4.74 Å². The molecule has 0 aliphatic carbocycles. The fourth-order valence-electron chi connectivity index (χ4n) is 1.92. The number of nitrogens with zero attached hydrogens (tertiary/aromatic N) is 1. The average molecular weight is 349 g/mol. The molecule has 0 bridgehead atoms. The van der Waals surface area contributed by atoms with Crippen LogP contribution in [0.5, 0.6) is 5.75 Å². The van der Waals surface area contributed by atoms with E-state index in [9.17, 15) is 0 Å². The molecule has 0 aliphatic heterocycles. The maximum Gasteiger partial charge on any atom is 0.140 e. The minimum Gasteiger partial charge on any atom is -0.486 e. The van der Waals surface area contributed by atoms with E-state index in [1.165, 1.54) is 4.70 Å². The Balaban J connectivity index is 1.75. The maximum atomic E-state index is 5.79. The van der Waals surface area contributed by atoms with E-state index in [1.54, 1.807) is 11.3 Å². The van der Waals surface area contributed by atoms with Gasteiger partial charge in [-0.15, -0.1) is 11.3 Å². The summed E-state index contributed by atoms with van der Waals surface area (Å²) in [6.45, 7) is 0.962. The van der Waals surface area contributed by atoms with E-state index in [0.29, 0.717) is 13.2 Å². The third-order valence-corrected chi connectivity index (χ3v) is 4.72. The van der Waals surface area contributed by atoms with Gasteiger partial charge in [0.1, 0.15) is 17.4 Å². The number of nitrogens with two attached hydrogens (primary N) is 1. The summed E-state index contributed by atoms with van der Waals surface area (Å²) < 4.78 is 7.98. The van der Waals surface area contributed by atoms with Crippen LogP contribution in [0.3, 0.4) is 0 Å². The number of hydrogen-bond donors (Lipinski definition) is 1. The first-order chi connectivity index (χ1) is 9.76. The lowest BCUT2D eigenvalue weighted by Crippen LogP contribution is -1.99. The molecule has 0 unspecified atom stereocenters. The van der Waals surface area contributed by atoms with Crippen LogP contribution in [0, 0.1) is 0 Å². The van der Waals surface area contributed by atoms with Crippen LogP contribution in [0.2, 0.25) is 0 Å². The third kappa shape index (κ3) is 2.85. The highest BCUT2D eigenvalue weighted by molar-refractivity contribution is 9.10. The highest BCUT2D eigenvalue weighted by atomic mass is 79.9. The number of fused-ring (bicyclic) bond motifs is 1. The zero-order valence-corrected chi connectivity index (χ0v) is 13.1. The SMILES string of the molecule is NCc1cc(OCc2nc3ccccc3s2)ccc1Br. The van der Waals surface area contributed by atoms with Crippen molar-refractivity contribution in [3.63, 3.8) is 0 Å². The van der Waals surface area contributed by atoms with Crippen LogP contribution in [0.1, 0.15) is 10.6 Å². The van der Waals surface area contributed by atoms with E-state index in [4.69, 9.17) is 10.5 Å². The zero-order chi connectivity index (χ0) is 13.9. The van der Waals surface area contributed by atoms with Gasteiger partial charge in [0.2, 0.25) is 0 Å². The predicted octanol–water partition coefficient (Wildman–Crippen LogP) is 4.10. The van der Waals surface area contributed by atoms with Crippen molar-refractivity contribution in [3.8, 4) is 5.75 Å². The molecule has 0 radical (unpaired) electrons. The molecule has 0 saturated carbocycles. The van der Waals surface area contributed by atoms with Crippen LogP contribution in [-0.2, 0) is 13.2 Å². The summed E-state index contributed by atoms with van der Waals surface area (Å²) in [6.07, 6.45) is 0. The molecule has 0 amide bonds. The number of hydrogen-bond acceptors (Lipinski definition) is 4. The summed E-state index contributed by atoms with van der Waals surface area (Å²) in [5.41, 5.74) is 7.74. The highest BCUT2D eigenvalue weighted by Gasteiger charge is 2.05. The number of para-hydroxylation sites is 1. The first-order valence-corrected chi connectivity index (χ1v) is 7.83. The van der Waals surface area contributed by atoms with Crippen molar-refractivity contribution in [2.75, 3.05) is 0 Å². The van der Waals surface area contributed by atoms with E-state index in [-0.39, 0.29) is 0 Å². The Morgan fingerprint density at radius 3 is 2.85 bits per heavy atom. The molecule has 102 valence electrons. The van der Waals surface area contributed by atoms with Crippen molar-refractivity contribution in [1.82, 2.24) is 4.98 Å². The number of halogens is 1. The fraction of sp³-hybridized carbons (Fsp3) is 0.133. The van der Waals surface area contributed by atoms with Gasteiger partial charge in [-0.1, -0.05) is 28.1 Å². The quantitative estimate of drug-likeness (QED) is 0.772. The molecule has 2 N–H and O–H groups in total. The van der Waals surface area contributed by atoms with Gasteiger partial charge in [-0.25, -0.2) is 4.98 Å². The maximum absolute atomic E-state index is 5.79. The van der Waals surface area contributed by atoms with E-state index < -0.39 is 0 Å². The van der Waals surface area contributed by atoms with Crippen molar-refractivity contribution in [1.29, 1.82) is 0 Å². The molecular formula is C15H13BrN2OS. The van der Waals surface area contributed by atoms with E-state index >= 15 is 0 Å².